The first-order valence-corrected chi connectivity index (χ1v) is 11.4. The van der Waals surface area contributed by atoms with Gasteiger partial charge in [0, 0.05) is 18.0 Å². The largest absolute Gasteiger partial charge is 0.465 e. The van der Waals surface area contributed by atoms with Gasteiger partial charge in [0.05, 0.1) is 26.1 Å². The molecule has 4 rings (SSSR count). The zero-order chi connectivity index (χ0) is 26.8. The molecule has 0 aromatic carbocycles. The molecule has 0 atom stereocenters. The van der Waals surface area contributed by atoms with Crippen molar-refractivity contribution in [3.63, 3.8) is 0 Å². The van der Waals surface area contributed by atoms with E-state index in [9.17, 15) is 31.1 Å². The van der Waals surface area contributed by atoms with E-state index in [1.807, 2.05) is 0 Å². The van der Waals surface area contributed by atoms with Crippen LogP contribution < -0.4 is 0 Å². The number of hydrogen-bond acceptors (Lipinski definition) is 9. The Morgan fingerprint density at radius 2 is 1.42 bits per heavy atom. The van der Waals surface area contributed by atoms with Crippen LogP contribution in [0.1, 0.15) is 25.9 Å². The van der Waals surface area contributed by atoms with E-state index in [-0.39, 0.29) is 32.5 Å². The van der Waals surface area contributed by atoms with E-state index < -0.39 is 28.3 Å². The lowest BCUT2D eigenvalue weighted by Crippen LogP contribution is -2.02. The summed E-state index contributed by atoms with van der Waals surface area (Å²) in [5.74, 6) is -0.725. The molecule has 194 valence electrons. The van der Waals surface area contributed by atoms with Gasteiger partial charge in [-0.1, -0.05) is 45.9 Å². The van der Waals surface area contributed by atoms with Gasteiger partial charge in [-0.25, -0.2) is 24.1 Å². The minimum absolute atomic E-state index is 0.0360. The van der Waals surface area contributed by atoms with Crippen LogP contribution in [-0.4, -0.2) is 47.7 Å². The summed E-state index contributed by atoms with van der Waals surface area (Å²) in [6.45, 7) is -0.330. The number of carbonyl (C=O) groups excluding carboxylic acids is 1. The van der Waals surface area contributed by atoms with Crippen molar-refractivity contribution in [1.29, 1.82) is 0 Å². The van der Waals surface area contributed by atoms with Crippen molar-refractivity contribution in [2.45, 2.75) is 19.0 Å². The molecule has 4 aromatic heterocycles. The maximum Gasteiger partial charge on any atom is 0.443 e. The van der Waals surface area contributed by atoms with Crippen LogP contribution in [0.4, 0.5) is 26.3 Å². The Hall–Kier alpha value is -2.73. The first kappa shape index (κ1) is 27.9. The number of methoxy groups -OCH3 is 1. The van der Waals surface area contributed by atoms with Crippen LogP contribution in [0.25, 0.3) is 10.0 Å². The van der Waals surface area contributed by atoms with Crippen LogP contribution in [0, 0.1) is 0 Å². The molecule has 0 spiro atoms. The highest BCUT2D eigenvalue weighted by atomic mass is 35.5. The molecule has 9 nitrogen and oxygen atoms in total. The lowest BCUT2D eigenvalue weighted by molar-refractivity contribution is -0.138. The van der Waals surface area contributed by atoms with E-state index in [1.54, 1.807) is 0 Å². The zero-order valence-corrected chi connectivity index (χ0v) is 20.4. The third kappa shape index (κ3) is 6.33. The molecular formula is C17H10Cl2F6N6O3S2. The highest BCUT2D eigenvalue weighted by molar-refractivity contribution is 7.14. The van der Waals surface area contributed by atoms with E-state index in [1.165, 1.54) is 12.4 Å². The van der Waals surface area contributed by atoms with Gasteiger partial charge >= 0.3 is 18.3 Å². The number of aliphatic hydroxyl groups is 1. The van der Waals surface area contributed by atoms with E-state index in [2.05, 4.69) is 24.9 Å². The summed E-state index contributed by atoms with van der Waals surface area (Å²) in [4.78, 5) is 17.8. The molecule has 0 amide bonds. The van der Waals surface area contributed by atoms with Crippen molar-refractivity contribution in [3.05, 3.63) is 56.2 Å². The van der Waals surface area contributed by atoms with Crippen molar-refractivity contribution < 1.29 is 41.0 Å². The molecule has 0 aliphatic rings. The number of aromatic nitrogens is 6. The molecule has 0 radical (unpaired) electrons. The Labute approximate surface area is 214 Å². The average Bonchev–Trinajstić information content (AvgIpc) is 3.57. The van der Waals surface area contributed by atoms with Gasteiger partial charge < -0.3 is 9.84 Å². The predicted octanol–water partition coefficient (Wildman–Crippen LogP) is 5.28. The van der Waals surface area contributed by atoms with Crippen LogP contribution >= 0.6 is 45.9 Å². The molecule has 4 aromatic rings. The van der Waals surface area contributed by atoms with Crippen molar-refractivity contribution in [2.75, 3.05) is 7.11 Å². The summed E-state index contributed by atoms with van der Waals surface area (Å²) in [7, 11) is 1.16. The molecule has 4 heterocycles. The molecule has 19 heteroatoms. The molecule has 0 fully saturated rings. The molecular weight excluding hydrogens is 585 g/mol. The van der Waals surface area contributed by atoms with Gasteiger partial charge in [0.1, 0.15) is 15.6 Å². The Morgan fingerprint density at radius 1 is 0.944 bits per heavy atom. The highest BCUT2D eigenvalue weighted by Gasteiger charge is 2.35. The smallest absolute Gasteiger partial charge is 0.443 e. The van der Waals surface area contributed by atoms with E-state index in [4.69, 9.17) is 28.3 Å². The molecule has 0 saturated heterocycles. The number of thiazole rings is 2. The van der Waals surface area contributed by atoms with Crippen LogP contribution in [0.5, 0.6) is 0 Å². The van der Waals surface area contributed by atoms with Gasteiger partial charge in [-0.05, 0) is 0 Å². The normalized spacial score (nSPS) is 11.8. The van der Waals surface area contributed by atoms with E-state index >= 15 is 0 Å². The van der Waals surface area contributed by atoms with Gasteiger partial charge in [0.15, 0.2) is 20.3 Å². The molecule has 36 heavy (non-hydrogen) atoms. The van der Waals surface area contributed by atoms with Gasteiger partial charge in [-0.15, -0.1) is 0 Å². The Bertz CT molecular complexity index is 1360. The van der Waals surface area contributed by atoms with Gasteiger partial charge in [-0.3, -0.25) is 0 Å². The summed E-state index contributed by atoms with van der Waals surface area (Å²) >= 11 is 12.2. The first-order valence-electron chi connectivity index (χ1n) is 8.99. The number of esters is 1. The van der Waals surface area contributed by atoms with E-state index in [0.29, 0.717) is 28.2 Å². The predicted molar refractivity (Wildman–Crippen MR) is 116 cm³/mol. The van der Waals surface area contributed by atoms with Crippen LogP contribution in [-0.2, 0) is 23.7 Å². The van der Waals surface area contributed by atoms with Crippen molar-refractivity contribution >= 4 is 51.8 Å². The Kier molecular flexibility index (Phi) is 8.29. The summed E-state index contributed by atoms with van der Waals surface area (Å²) in [5, 5.41) is 14.6. The number of rotatable bonds is 4. The summed E-state index contributed by atoms with van der Waals surface area (Å²) < 4.78 is 80.8. The topological polar surface area (TPSA) is 108 Å². The molecule has 1 N–H and O–H groups in total. The molecule has 0 aliphatic heterocycles. The number of nitrogens with zero attached hydrogens (tertiary/aromatic N) is 6. The molecule has 0 saturated carbocycles. The van der Waals surface area contributed by atoms with Gasteiger partial charge in [0.2, 0.25) is 0 Å². The first-order chi connectivity index (χ1) is 16.7. The number of halogens is 8. The fourth-order valence-corrected chi connectivity index (χ4v) is 4.15. The zero-order valence-electron chi connectivity index (χ0n) is 17.3. The Balaban J connectivity index is 0.000000202. The maximum atomic E-state index is 12.4. The monoisotopic (exact) mass is 594 g/mol. The molecule has 0 bridgehead atoms. The summed E-state index contributed by atoms with van der Waals surface area (Å²) in [6, 6.07) is 0. The lowest BCUT2D eigenvalue weighted by Gasteiger charge is -1.99. The van der Waals surface area contributed by atoms with Crippen LogP contribution in [0.15, 0.2) is 24.8 Å². The number of alkyl halides is 6. The standard InChI is InChI=1S/C9H5ClF3N3O2S.C8H5ClF3N3OS/c1-18-7(17)4-3-16(15-6(4)10)5-2-14-8(19-5)9(11,12)13;9-6-4(3-16)2-15(14-6)5-1-13-7(17-5)8(10,11)12/h2-3H,1H3;1-2,16H,3H2. The van der Waals surface area contributed by atoms with E-state index in [0.717, 1.165) is 28.9 Å². The van der Waals surface area contributed by atoms with Crippen molar-refractivity contribution in [3.8, 4) is 10.0 Å². The minimum atomic E-state index is -4.52. The molecule has 0 unspecified atom stereocenters. The van der Waals surface area contributed by atoms with Crippen LogP contribution in [0.3, 0.4) is 0 Å². The number of carbonyl (C=O) groups is 1. The van der Waals surface area contributed by atoms with Gasteiger partial charge in [0.25, 0.3) is 0 Å². The lowest BCUT2D eigenvalue weighted by atomic mass is 10.4. The second-order valence-corrected chi connectivity index (χ2v) is 9.05. The SMILES string of the molecule is COC(=O)c1cn(-c2cnc(C(F)(F)F)s2)nc1Cl.OCc1cn(-c2cnc(C(F)(F)F)s2)nc1Cl. The fourth-order valence-electron chi connectivity index (χ4n) is 2.33. The van der Waals surface area contributed by atoms with Gasteiger partial charge in [-0.2, -0.15) is 36.5 Å². The summed E-state index contributed by atoms with van der Waals surface area (Å²) in [5.41, 5.74) is 0.305. The van der Waals surface area contributed by atoms with Crippen molar-refractivity contribution in [1.82, 2.24) is 29.5 Å². The second-order valence-electron chi connectivity index (χ2n) is 6.32. The number of aliphatic hydroxyl groups excluding tert-OH is 1. The van der Waals surface area contributed by atoms with Crippen LogP contribution in [0.2, 0.25) is 10.3 Å². The third-order valence-electron chi connectivity index (χ3n) is 3.91. The maximum absolute atomic E-state index is 12.4. The Morgan fingerprint density at radius 3 is 1.81 bits per heavy atom. The summed E-state index contributed by atoms with van der Waals surface area (Å²) in [6.07, 6.45) is -4.40. The molecule has 0 aliphatic carbocycles. The van der Waals surface area contributed by atoms with Crippen molar-refractivity contribution in [2.24, 2.45) is 0 Å². The third-order valence-corrected chi connectivity index (χ3v) is 6.57. The number of hydrogen-bond donors (Lipinski definition) is 1. The number of ether oxygens (including phenoxy) is 1. The quantitative estimate of drug-likeness (QED) is 0.253. The highest BCUT2D eigenvalue weighted by Crippen LogP contribution is 2.35. The fraction of sp³-hybridized carbons (Fsp3) is 0.235. The average molecular weight is 595 g/mol. The minimum Gasteiger partial charge on any atom is -0.465 e. The second kappa shape index (κ2) is 10.7.